The monoisotopic (exact) mass is 317 g/mol. The van der Waals surface area contributed by atoms with Crippen molar-refractivity contribution in [2.24, 2.45) is 5.73 Å². The van der Waals surface area contributed by atoms with Crippen LogP contribution in [0.2, 0.25) is 0 Å². The van der Waals surface area contributed by atoms with E-state index in [9.17, 15) is 9.36 Å². The van der Waals surface area contributed by atoms with Gasteiger partial charge in [0.25, 0.3) is 5.91 Å². The summed E-state index contributed by atoms with van der Waals surface area (Å²) in [6.07, 6.45) is 0.0721. The number of carbonyl (C=O) groups is 1. The van der Waals surface area contributed by atoms with E-state index >= 15 is 0 Å². The summed E-state index contributed by atoms with van der Waals surface area (Å²) in [4.78, 5) is 33.0. The van der Waals surface area contributed by atoms with Crippen LogP contribution in [0.3, 0.4) is 0 Å². The summed E-state index contributed by atoms with van der Waals surface area (Å²) >= 11 is 0. The Morgan fingerprint density at radius 2 is 2.29 bits per heavy atom. The van der Waals surface area contributed by atoms with Gasteiger partial charge < -0.3 is 29.7 Å². The molecule has 0 aliphatic carbocycles. The second-order valence-electron chi connectivity index (χ2n) is 4.56. The molecule has 21 heavy (non-hydrogen) atoms. The molecule has 0 saturated heterocycles. The van der Waals surface area contributed by atoms with E-state index in [0.717, 1.165) is 0 Å². The summed E-state index contributed by atoms with van der Waals surface area (Å²) in [6.45, 7) is 4.01. The first kappa shape index (κ1) is 15.7. The van der Waals surface area contributed by atoms with Crippen LogP contribution in [-0.2, 0) is 15.8 Å². The number of fused-ring (bicyclic) bond motifs is 1. The fraction of sp³-hybridized carbons (Fsp3) is 0.400. The second kappa shape index (κ2) is 5.96. The topological polar surface area (TPSA) is 152 Å². The van der Waals surface area contributed by atoms with E-state index in [4.69, 9.17) is 20.3 Å². The highest BCUT2D eigenvalue weighted by atomic mass is 31.2. The number of nitrogens with one attached hydrogen (secondary N) is 2. The van der Waals surface area contributed by atoms with Gasteiger partial charge in [-0.2, -0.15) is 0 Å². The maximum Gasteiger partial charge on any atom is 0.350 e. The molecule has 1 unspecified atom stereocenters. The number of hydrogen-bond donors (Lipinski definition) is 5. The van der Waals surface area contributed by atoms with Crippen LogP contribution >= 0.6 is 7.60 Å². The van der Waals surface area contributed by atoms with Crippen molar-refractivity contribution in [1.29, 1.82) is 0 Å². The van der Waals surface area contributed by atoms with E-state index in [1.165, 1.54) is 6.33 Å². The van der Waals surface area contributed by atoms with Crippen LogP contribution in [-0.4, -0.2) is 44.5 Å². The van der Waals surface area contributed by atoms with Crippen LogP contribution in [0.15, 0.2) is 18.5 Å². The normalized spacial score (nSPS) is 17.9. The van der Waals surface area contributed by atoms with Gasteiger partial charge in [-0.25, -0.2) is 4.98 Å². The molecule has 1 atom stereocenters. The van der Waals surface area contributed by atoms with Gasteiger partial charge in [-0.05, 0) is 5.57 Å². The van der Waals surface area contributed by atoms with Crippen LogP contribution in [0.4, 0.5) is 5.82 Å². The molecule has 6 N–H and O–H groups in total. The number of hydrogen-bond acceptors (Lipinski definition) is 6. The number of imidazole rings is 1. The zero-order valence-electron chi connectivity index (χ0n) is 11.0. The molecule has 11 heteroatoms. The molecule has 0 saturated carbocycles. The van der Waals surface area contributed by atoms with Gasteiger partial charge in [0.2, 0.25) is 0 Å². The molecular formula is C10H16N5O5P. The van der Waals surface area contributed by atoms with E-state index in [1.54, 1.807) is 4.57 Å². The standard InChI is InChI=1S/C10H16N5O5P/c1-6(3-20-5-21(17,18)19)2-15-4-12-7-8(15)13-10(11)14-9(7)16/h4,10,13H,1-3,5,11H2,(H,14,16)(H2,17,18,19). The van der Waals surface area contributed by atoms with Crippen molar-refractivity contribution in [1.82, 2.24) is 14.9 Å². The molecule has 1 aliphatic rings. The average molecular weight is 317 g/mol. The summed E-state index contributed by atoms with van der Waals surface area (Å²) < 4.78 is 17.1. The van der Waals surface area contributed by atoms with Crippen molar-refractivity contribution in [3.63, 3.8) is 0 Å². The van der Waals surface area contributed by atoms with Gasteiger partial charge in [0.1, 0.15) is 12.2 Å². The molecule has 10 nitrogen and oxygen atoms in total. The lowest BCUT2D eigenvalue weighted by molar-refractivity contribution is 0.0932. The number of aromatic nitrogens is 2. The first-order chi connectivity index (χ1) is 9.76. The lowest BCUT2D eigenvalue weighted by atomic mass is 10.3. The maximum absolute atomic E-state index is 11.6. The Balaban J connectivity index is 1.96. The van der Waals surface area contributed by atoms with Crippen LogP contribution in [0.25, 0.3) is 0 Å². The number of anilines is 1. The molecule has 0 bridgehead atoms. The highest BCUT2D eigenvalue weighted by Crippen LogP contribution is 2.33. The number of nitrogens with zero attached hydrogens (tertiary/aromatic N) is 2. The number of ether oxygens (including phenoxy) is 1. The molecule has 0 radical (unpaired) electrons. The molecule has 116 valence electrons. The Bertz CT molecular complexity index is 609. The molecule has 0 aromatic carbocycles. The highest BCUT2D eigenvalue weighted by molar-refractivity contribution is 7.51. The van der Waals surface area contributed by atoms with Crippen molar-refractivity contribution in [2.75, 3.05) is 18.3 Å². The molecule has 0 spiro atoms. The smallest absolute Gasteiger partial charge is 0.350 e. The van der Waals surface area contributed by atoms with E-state index in [1.807, 2.05) is 0 Å². The van der Waals surface area contributed by atoms with E-state index in [0.29, 0.717) is 11.4 Å². The number of nitrogens with two attached hydrogens (primary N) is 1. The van der Waals surface area contributed by atoms with Gasteiger partial charge >= 0.3 is 7.60 Å². The molecule has 1 amide bonds. The predicted octanol–water partition coefficient (Wildman–Crippen LogP) is -1.01. The third-order valence-corrected chi connectivity index (χ3v) is 3.11. The molecule has 2 rings (SSSR count). The maximum atomic E-state index is 11.6. The fourth-order valence-corrected chi connectivity index (χ4v) is 2.14. The van der Waals surface area contributed by atoms with Crippen LogP contribution < -0.4 is 16.4 Å². The lowest BCUT2D eigenvalue weighted by Gasteiger charge is -2.23. The van der Waals surface area contributed by atoms with Crippen molar-refractivity contribution in [2.45, 2.75) is 12.8 Å². The molecule has 2 heterocycles. The van der Waals surface area contributed by atoms with Crippen molar-refractivity contribution in [3.05, 3.63) is 24.2 Å². The minimum absolute atomic E-state index is 0.0175. The summed E-state index contributed by atoms with van der Waals surface area (Å²) in [6, 6.07) is 0. The predicted molar refractivity (Wildman–Crippen MR) is 73.3 cm³/mol. The first-order valence-electron chi connectivity index (χ1n) is 5.93. The van der Waals surface area contributed by atoms with Gasteiger partial charge in [0, 0.05) is 6.54 Å². The molecular weight excluding hydrogens is 301 g/mol. The largest absolute Gasteiger partial charge is 0.364 e. The Hall–Kier alpha value is -1.71. The zero-order valence-corrected chi connectivity index (χ0v) is 11.9. The number of amides is 1. The molecule has 1 aliphatic heterocycles. The van der Waals surface area contributed by atoms with Crippen LogP contribution in [0.5, 0.6) is 0 Å². The second-order valence-corrected chi connectivity index (χ2v) is 6.14. The Morgan fingerprint density at radius 1 is 1.57 bits per heavy atom. The van der Waals surface area contributed by atoms with E-state index in [-0.39, 0.29) is 24.8 Å². The van der Waals surface area contributed by atoms with Crippen molar-refractivity contribution >= 4 is 19.3 Å². The van der Waals surface area contributed by atoms with Gasteiger partial charge in [-0.1, -0.05) is 6.58 Å². The highest BCUT2D eigenvalue weighted by Gasteiger charge is 2.26. The lowest BCUT2D eigenvalue weighted by Crippen LogP contribution is -2.51. The SMILES string of the molecule is C=C(COCP(=O)(O)O)Cn1cnc2c1NC(N)NC2=O. The Labute approximate surface area is 120 Å². The molecule has 1 aromatic heterocycles. The van der Waals surface area contributed by atoms with Crippen molar-refractivity contribution in [3.8, 4) is 0 Å². The Morgan fingerprint density at radius 3 is 2.95 bits per heavy atom. The minimum Gasteiger partial charge on any atom is -0.364 e. The summed E-state index contributed by atoms with van der Waals surface area (Å²) in [7, 11) is -4.19. The Kier molecular flexibility index (Phi) is 4.45. The summed E-state index contributed by atoms with van der Waals surface area (Å²) in [5, 5.41) is 5.34. The average Bonchev–Trinajstić information content (AvgIpc) is 2.71. The van der Waals surface area contributed by atoms with Crippen molar-refractivity contribution < 1.29 is 23.9 Å². The zero-order chi connectivity index (χ0) is 15.6. The number of rotatable bonds is 6. The third kappa shape index (κ3) is 4.13. The van der Waals surface area contributed by atoms with E-state index < -0.39 is 20.2 Å². The minimum atomic E-state index is -4.19. The van der Waals surface area contributed by atoms with Gasteiger partial charge in [0.05, 0.1) is 12.9 Å². The van der Waals surface area contributed by atoms with Gasteiger partial charge in [0.15, 0.2) is 12.0 Å². The van der Waals surface area contributed by atoms with E-state index in [2.05, 4.69) is 22.2 Å². The van der Waals surface area contributed by atoms with Gasteiger partial charge in [-0.15, -0.1) is 0 Å². The summed E-state index contributed by atoms with van der Waals surface area (Å²) in [5.74, 6) is 0.0840. The van der Waals surface area contributed by atoms with Crippen LogP contribution in [0, 0.1) is 0 Å². The third-order valence-electron chi connectivity index (χ3n) is 2.59. The first-order valence-corrected chi connectivity index (χ1v) is 7.73. The summed E-state index contributed by atoms with van der Waals surface area (Å²) in [5.41, 5.74) is 6.39. The molecule has 1 aromatic rings. The quantitative estimate of drug-likeness (QED) is 0.330. The number of carbonyl (C=O) groups excluding carboxylic acids is 1. The molecule has 0 fully saturated rings. The fourth-order valence-electron chi connectivity index (χ4n) is 1.81. The van der Waals surface area contributed by atoms with Crippen LogP contribution in [0.1, 0.15) is 10.5 Å². The van der Waals surface area contributed by atoms with Gasteiger partial charge in [-0.3, -0.25) is 15.1 Å².